The van der Waals surface area contributed by atoms with Crippen LogP contribution in [0.4, 0.5) is 5.69 Å². The Morgan fingerprint density at radius 1 is 1.36 bits per heavy atom. The topological polar surface area (TPSA) is 85.6 Å². The maximum absolute atomic E-state index is 12.3. The molecule has 0 atom stereocenters. The van der Waals surface area contributed by atoms with Gasteiger partial charge in [-0.15, -0.1) is 11.8 Å². The van der Waals surface area contributed by atoms with E-state index < -0.39 is 0 Å². The third-order valence-corrected chi connectivity index (χ3v) is 5.66. The lowest BCUT2D eigenvalue weighted by molar-refractivity contribution is -0.113. The summed E-state index contributed by atoms with van der Waals surface area (Å²) in [5, 5.41) is 8.08. The van der Waals surface area contributed by atoms with Gasteiger partial charge in [-0.1, -0.05) is 31.3 Å². The molecule has 2 aromatic heterocycles. The summed E-state index contributed by atoms with van der Waals surface area (Å²) < 4.78 is 6.50. The number of methoxy groups -OCH3 is 1. The monoisotopic (exact) mass is 418 g/mol. The molecular formula is C19H22N4O3S2. The first-order valence-corrected chi connectivity index (χ1v) is 10.8. The summed E-state index contributed by atoms with van der Waals surface area (Å²) in [6.45, 7) is 4.22. The molecule has 9 heteroatoms. The highest BCUT2D eigenvalue weighted by molar-refractivity contribution is 7.99. The van der Waals surface area contributed by atoms with E-state index in [1.54, 1.807) is 19.2 Å². The van der Waals surface area contributed by atoms with Crippen molar-refractivity contribution in [1.82, 2.24) is 14.6 Å². The van der Waals surface area contributed by atoms with Crippen LogP contribution in [0, 0.1) is 5.92 Å². The van der Waals surface area contributed by atoms with Crippen LogP contribution in [0.1, 0.15) is 24.5 Å². The van der Waals surface area contributed by atoms with Gasteiger partial charge < -0.3 is 10.1 Å². The second-order valence-electron chi connectivity index (χ2n) is 6.65. The fourth-order valence-electron chi connectivity index (χ4n) is 2.55. The standard InChI is InChI=1S/C19H22N4O3S2/c1-12(2)7-17-22-23-18(25)9-14(21-19(23)28-17)10-27-11-16(24)20-13-5-4-6-15(8-13)26-3/h4-6,8-9,12H,7,10-11H2,1-3H3,(H,20,24). The van der Waals surface area contributed by atoms with Crippen LogP contribution in [-0.4, -0.2) is 33.4 Å². The van der Waals surface area contributed by atoms with Crippen molar-refractivity contribution in [2.75, 3.05) is 18.2 Å². The van der Waals surface area contributed by atoms with Gasteiger partial charge in [-0.25, -0.2) is 4.98 Å². The fourth-order valence-corrected chi connectivity index (χ4v) is 4.39. The van der Waals surface area contributed by atoms with Crippen molar-refractivity contribution in [2.24, 2.45) is 5.92 Å². The number of rotatable bonds is 8. The van der Waals surface area contributed by atoms with Crippen LogP contribution in [-0.2, 0) is 17.0 Å². The number of hydrogen-bond acceptors (Lipinski definition) is 7. The van der Waals surface area contributed by atoms with E-state index in [4.69, 9.17) is 4.74 Å². The van der Waals surface area contributed by atoms with Gasteiger partial charge in [-0.05, 0) is 18.1 Å². The van der Waals surface area contributed by atoms with Crippen LogP contribution in [0.25, 0.3) is 4.96 Å². The SMILES string of the molecule is COc1cccc(NC(=O)CSCc2cc(=O)n3nc(CC(C)C)sc3n2)c1. The van der Waals surface area contributed by atoms with Crippen LogP contribution in [0.15, 0.2) is 35.1 Å². The molecule has 0 aliphatic rings. The number of thioether (sulfide) groups is 1. The van der Waals surface area contributed by atoms with Crippen molar-refractivity contribution in [1.29, 1.82) is 0 Å². The molecule has 1 amide bonds. The molecule has 28 heavy (non-hydrogen) atoms. The summed E-state index contributed by atoms with van der Waals surface area (Å²) in [5.41, 5.74) is 1.15. The van der Waals surface area contributed by atoms with E-state index >= 15 is 0 Å². The normalized spacial score (nSPS) is 11.1. The lowest BCUT2D eigenvalue weighted by Gasteiger charge is -2.06. The van der Waals surface area contributed by atoms with E-state index in [9.17, 15) is 9.59 Å². The lowest BCUT2D eigenvalue weighted by Crippen LogP contribution is -2.16. The predicted molar refractivity (Wildman–Crippen MR) is 113 cm³/mol. The zero-order chi connectivity index (χ0) is 20.1. The molecule has 1 aromatic carbocycles. The van der Waals surface area contributed by atoms with Crippen LogP contribution in [0.5, 0.6) is 5.75 Å². The number of anilines is 1. The predicted octanol–water partition coefficient (Wildman–Crippen LogP) is 3.23. The van der Waals surface area contributed by atoms with Crippen molar-refractivity contribution in [3.05, 3.63) is 51.4 Å². The van der Waals surface area contributed by atoms with Crippen molar-refractivity contribution in [2.45, 2.75) is 26.0 Å². The molecule has 2 heterocycles. The summed E-state index contributed by atoms with van der Waals surface area (Å²) in [7, 11) is 1.58. The number of nitrogens with one attached hydrogen (secondary N) is 1. The van der Waals surface area contributed by atoms with Gasteiger partial charge in [0.25, 0.3) is 5.56 Å². The second-order valence-corrected chi connectivity index (χ2v) is 8.67. The van der Waals surface area contributed by atoms with Crippen molar-refractivity contribution in [3.8, 4) is 5.75 Å². The summed E-state index contributed by atoms with van der Waals surface area (Å²) in [6, 6.07) is 8.68. The van der Waals surface area contributed by atoms with Gasteiger partial charge in [0.15, 0.2) is 0 Å². The average molecular weight is 419 g/mol. The number of fused-ring (bicyclic) bond motifs is 1. The van der Waals surface area contributed by atoms with Crippen molar-refractivity contribution < 1.29 is 9.53 Å². The van der Waals surface area contributed by atoms with Crippen LogP contribution in [0.2, 0.25) is 0 Å². The van der Waals surface area contributed by atoms with Gasteiger partial charge in [-0.2, -0.15) is 9.61 Å². The first kappa shape index (κ1) is 20.3. The molecule has 3 rings (SSSR count). The third kappa shape index (κ3) is 5.32. The van der Waals surface area contributed by atoms with Crippen LogP contribution >= 0.6 is 23.1 Å². The quantitative estimate of drug-likeness (QED) is 0.604. The minimum atomic E-state index is -0.187. The Balaban J connectivity index is 1.58. The molecule has 148 valence electrons. The Labute approximate surface area is 171 Å². The number of amides is 1. The highest BCUT2D eigenvalue weighted by Gasteiger charge is 2.11. The molecule has 0 saturated heterocycles. The maximum atomic E-state index is 12.3. The number of benzene rings is 1. The molecule has 0 unspecified atom stereocenters. The summed E-state index contributed by atoms with van der Waals surface area (Å²) in [6.07, 6.45) is 0.821. The van der Waals surface area contributed by atoms with Gasteiger partial charge >= 0.3 is 0 Å². The number of hydrogen-bond donors (Lipinski definition) is 1. The zero-order valence-corrected chi connectivity index (χ0v) is 17.6. The van der Waals surface area contributed by atoms with Gasteiger partial charge in [0, 0.05) is 30.0 Å². The first-order chi connectivity index (χ1) is 13.4. The number of nitrogens with zero attached hydrogens (tertiary/aromatic N) is 3. The van der Waals surface area contributed by atoms with Gasteiger partial charge in [0.1, 0.15) is 10.8 Å². The second kappa shape index (κ2) is 9.20. The van der Waals surface area contributed by atoms with Crippen LogP contribution < -0.4 is 15.6 Å². The number of ether oxygens (including phenoxy) is 1. The van der Waals surface area contributed by atoms with Crippen molar-refractivity contribution in [3.63, 3.8) is 0 Å². The van der Waals surface area contributed by atoms with E-state index in [-0.39, 0.29) is 17.2 Å². The smallest absolute Gasteiger partial charge is 0.275 e. The third-order valence-electron chi connectivity index (χ3n) is 3.76. The Kier molecular flexibility index (Phi) is 6.69. The first-order valence-electron chi connectivity index (χ1n) is 8.85. The van der Waals surface area contributed by atoms with E-state index in [0.717, 1.165) is 11.4 Å². The molecule has 0 radical (unpaired) electrons. The highest BCUT2D eigenvalue weighted by Crippen LogP contribution is 2.19. The molecule has 1 N–H and O–H groups in total. The van der Waals surface area contributed by atoms with E-state index in [1.165, 1.54) is 33.7 Å². The van der Waals surface area contributed by atoms with Gasteiger partial charge in [0.2, 0.25) is 10.9 Å². The molecule has 0 bridgehead atoms. The zero-order valence-electron chi connectivity index (χ0n) is 16.0. The number of carbonyl (C=O) groups is 1. The molecule has 7 nitrogen and oxygen atoms in total. The van der Waals surface area contributed by atoms with E-state index in [2.05, 4.69) is 29.2 Å². The van der Waals surface area contributed by atoms with E-state index in [0.29, 0.717) is 33.8 Å². The molecule has 0 aliphatic carbocycles. The Hall–Kier alpha value is -2.39. The van der Waals surface area contributed by atoms with Gasteiger partial charge in [0.05, 0.1) is 18.6 Å². The minimum absolute atomic E-state index is 0.118. The number of carbonyl (C=O) groups excluding carboxylic acids is 1. The minimum Gasteiger partial charge on any atom is -0.497 e. The Bertz CT molecular complexity index is 1030. The molecule has 0 saturated carbocycles. The Morgan fingerprint density at radius 2 is 2.18 bits per heavy atom. The summed E-state index contributed by atoms with van der Waals surface area (Å²) in [5.74, 6) is 1.78. The number of aromatic nitrogens is 3. The maximum Gasteiger partial charge on any atom is 0.275 e. The average Bonchev–Trinajstić information content (AvgIpc) is 3.04. The molecule has 0 aliphatic heterocycles. The molecule has 0 fully saturated rings. The van der Waals surface area contributed by atoms with Crippen LogP contribution in [0.3, 0.4) is 0 Å². The largest absolute Gasteiger partial charge is 0.497 e. The summed E-state index contributed by atoms with van der Waals surface area (Å²) >= 11 is 2.85. The molecular weight excluding hydrogens is 396 g/mol. The molecule has 3 aromatic rings. The highest BCUT2D eigenvalue weighted by atomic mass is 32.2. The summed E-state index contributed by atoms with van der Waals surface area (Å²) in [4.78, 5) is 29.5. The van der Waals surface area contributed by atoms with Gasteiger partial charge in [-0.3, -0.25) is 9.59 Å². The van der Waals surface area contributed by atoms with Crippen molar-refractivity contribution >= 4 is 39.7 Å². The fraction of sp³-hybridized carbons (Fsp3) is 0.368. The Morgan fingerprint density at radius 3 is 2.93 bits per heavy atom. The lowest BCUT2D eigenvalue weighted by atomic mass is 10.1. The van der Waals surface area contributed by atoms with E-state index in [1.807, 2.05) is 12.1 Å². The molecule has 0 spiro atoms.